The summed E-state index contributed by atoms with van der Waals surface area (Å²) in [5, 5.41) is 8.81. The summed E-state index contributed by atoms with van der Waals surface area (Å²) in [5.41, 5.74) is 4.42. The Morgan fingerprint density at radius 2 is 1.93 bits per heavy atom. The van der Waals surface area contributed by atoms with Gasteiger partial charge in [-0.05, 0) is 48.0 Å². The molecular formula is C31H37ClN8O3Si. The Morgan fingerprint density at radius 1 is 1.07 bits per heavy atom. The maximum absolute atomic E-state index is 6.11. The molecule has 0 saturated carbocycles. The van der Waals surface area contributed by atoms with E-state index in [1.165, 1.54) is 5.56 Å². The minimum absolute atomic E-state index is 0.192. The summed E-state index contributed by atoms with van der Waals surface area (Å²) >= 11 is 6.11. The predicted octanol–water partition coefficient (Wildman–Crippen LogP) is 6.55. The smallest absolute Gasteiger partial charge is 0.323 e. The second-order valence-electron chi connectivity index (χ2n) is 12.0. The number of nitrogens with one attached hydrogen (secondary N) is 2. The third kappa shape index (κ3) is 8.01. The minimum atomic E-state index is -1.20. The van der Waals surface area contributed by atoms with Gasteiger partial charge in [0, 0.05) is 45.5 Å². The largest absolute Gasteiger partial charge is 0.424 e. The zero-order valence-corrected chi connectivity index (χ0v) is 27.0. The van der Waals surface area contributed by atoms with Gasteiger partial charge in [-0.2, -0.15) is 10.1 Å². The van der Waals surface area contributed by atoms with E-state index in [2.05, 4.69) is 63.0 Å². The third-order valence-corrected chi connectivity index (χ3v) is 9.10. The molecule has 4 heterocycles. The lowest BCUT2D eigenvalue weighted by Gasteiger charge is -2.26. The maximum Gasteiger partial charge on any atom is 0.323 e. The number of anilines is 2. The van der Waals surface area contributed by atoms with Gasteiger partial charge >= 0.3 is 6.01 Å². The van der Waals surface area contributed by atoms with Crippen LogP contribution in [0, 0.1) is 0 Å². The van der Waals surface area contributed by atoms with Gasteiger partial charge in [-0.25, -0.2) is 14.6 Å². The van der Waals surface area contributed by atoms with E-state index in [0.717, 1.165) is 55.6 Å². The maximum atomic E-state index is 6.11. The molecule has 0 bridgehead atoms. The first kappa shape index (κ1) is 30.2. The highest BCUT2D eigenvalue weighted by Gasteiger charge is 2.18. The number of rotatable bonds is 12. The van der Waals surface area contributed by atoms with E-state index in [1.807, 2.05) is 12.3 Å². The van der Waals surface area contributed by atoms with Gasteiger partial charge in [-0.3, -0.25) is 4.90 Å². The molecule has 0 radical (unpaired) electrons. The fraction of sp³-hybridized carbons (Fsp3) is 0.355. The first-order valence-corrected chi connectivity index (χ1v) is 18.8. The van der Waals surface area contributed by atoms with Gasteiger partial charge in [0.1, 0.15) is 18.3 Å². The Bertz CT molecular complexity index is 1710. The van der Waals surface area contributed by atoms with E-state index in [0.29, 0.717) is 41.4 Å². The average Bonchev–Trinajstić information content (AvgIpc) is 3.59. The van der Waals surface area contributed by atoms with Crippen LogP contribution in [0.2, 0.25) is 30.7 Å². The highest BCUT2D eigenvalue weighted by atomic mass is 35.5. The Labute approximate surface area is 262 Å². The average molecular weight is 633 g/mol. The molecule has 3 aromatic heterocycles. The lowest BCUT2D eigenvalue weighted by atomic mass is 10.2. The number of nitrogens with zero attached hydrogens (tertiary/aromatic N) is 6. The summed E-state index contributed by atoms with van der Waals surface area (Å²) in [6.07, 6.45) is 3.54. The van der Waals surface area contributed by atoms with E-state index in [9.17, 15) is 0 Å². The number of hydrogen-bond acceptors (Lipinski definition) is 9. The molecule has 6 rings (SSSR count). The quantitative estimate of drug-likeness (QED) is 0.117. The van der Waals surface area contributed by atoms with Gasteiger partial charge in [0.15, 0.2) is 11.5 Å². The van der Waals surface area contributed by atoms with Crippen molar-refractivity contribution < 1.29 is 14.2 Å². The van der Waals surface area contributed by atoms with Crippen molar-refractivity contribution in [2.45, 2.75) is 39.0 Å². The van der Waals surface area contributed by atoms with E-state index in [1.54, 1.807) is 35.1 Å². The third-order valence-electron chi connectivity index (χ3n) is 7.16. The molecule has 13 heteroatoms. The van der Waals surface area contributed by atoms with Crippen molar-refractivity contribution in [2.75, 3.05) is 38.2 Å². The number of ether oxygens (including phenoxy) is 3. The second-order valence-corrected chi connectivity index (χ2v) is 18.1. The molecule has 2 aromatic carbocycles. The zero-order chi connectivity index (χ0) is 30.5. The van der Waals surface area contributed by atoms with Crippen molar-refractivity contribution in [1.82, 2.24) is 34.6 Å². The predicted molar refractivity (Wildman–Crippen MR) is 174 cm³/mol. The number of H-pyrrole nitrogens is 1. The molecule has 2 N–H and O–H groups in total. The summed E-state index contributed by atoms with van der Waals surface area (Å²) in [5.74, 6) is 1.74. The molecule has 1 aliphatic rings. The Balaban J connectivity index is 1.25. The number of halogens is 1. The minimum Gasteiger partial charge on any atom is -0.424 e. The fourth-order valence-electron chi connectivity index (χ4n) is 4.80. The highest BCUT2D eigenvalue weighted by molar-refractivity contribution is 6.76. The van der Waals surface area contributed by atoms with Crippen LogP contribution in [0.25, 0.3) is 22.6 Å². The van der Waals surface area contributed by atoms with E-state index >= 15 is 0 Å². The van der Waals surface area contributed by atoms with Crippen LogP contribution < -0.4 is 10.1 Å². The summed E-state index contributed by atoms with van der Waals surface area (Å²) < 4.78 is 19.1. The van der Waals surface area contributed by atoms with Gasteiger partial charge in [0.05, 0.1) is 36.1 Å². The Kier molecular flexibility index (Phi) is 9.24. The molecule has 0 amide bonds. The van der Waals surface area contributed by atoms with Gasteiger partial charge in [-0.1, -0.05) is 43.4 Å². The monoisotopic (exact) mass is 632 g/mol. The van der Waals surface area contributed by atoms with Crippen molar-refractivity contribution in [3.05, 3.63) is 71.5 Å². The van der Waals surface area contributed by atoms with Crippen LogP contribution in [0.1, 0.15) is 5.56 Å². The first-order chi connectivity index (χ1) is 21.3. The topological polar surface area (TPSA) is 115 Å². The van der Waals surface area contributed by atoms with Crippen LogP contribution in [-0.4, -0.2) is 75.6 Å². The molecule has 5 aromatic rings. The normalized spacial score (nSPS) is 14.3. The number of hydrogen-bond donors (Lipinski definition) is 2. The zero-order valence-electron chi connectivity index (χ0n) is 25.2. The van der Waals surface area contributed by atoms with Crippen LogP contribution in [0.5, 0.6) is 11.8 Å². The molecule has 1 saturated heterocycles. The Hall–Kier alpha value is -3.81. The van der Waals surface area contributed by atoms with E-state index in [-0.39, 0.29) is 6.01 Å². The molecule has 0 unspecified atom stereocenters. The second kappa shape index (κ2) is 13.4. The SMILES string of the molecule is C[Si](C)(C)CCOCn1cc(Nc2ccnc(Oc3cccc(Cl)c3)n2)c(-c2nc3cc(CN4CCOCC4)ccc3[nH]2)n1. The standard InChI is InChI=1S/C31H37ClN8O3Si/c1-44(2,3)16-15-42-21-40-20-27(34-28-9-10-33-31(37-28)43-24-6-4-5-23(32)18-24)29(38-40)30-35-25-8-7-22(17-26(25)36-30)19-39-11-13-41-14-12-39/h4-10,17-18,20H,11-16,19,21H2,1-3H3,(H,35,36)(H,33,34,37). The van der Waals surface area contributed by atoms with E-state index < -0.39 is 8.07 Å². The summed E-state index contributed by atoms with van der Waals surface area (Å²) in [6, 6.07) is 16.5. The number of aromatic amines is 1. The molecular weight excluding hydrogens is 596 g/mol. The summed E-state index contributed by atoms with van der Waals surface area (Å²) in [4.78, 5) is 19.6. The lowest BCUT2D eigenvalue weighted by molar-refractivity contribution is 0.0342. The molecule has 1 fully saturated rings. The van der Waals surface area contributed by atoms with Crippen molar-refractivity contribution in [2.24, 2.45) is 0 Å². The van der Waals surface area contributed by atoms with Gasteiger partial charge in [0.2, 0.25) is 0 Å². The lowest BCUT2D eigenvalue weighted by Crippen LogP contribution is -2.35. The van der Waals surface area contributed by atoms with Crippen molar-refractivity contribution in [1.29, 1.82) is 0 Å². The van der Waals surface area contributed by atoms with Crippen molar-refractivity contribution in [3.8, 4) is 23.3 Å². The Morgan fingerprint density at radius 3 is 2.75 bits per heavy atom. The van der Waals surface area contributed by atoms with E-state index in [4.69, 9.17) is 35.9 Å². The number of morpholine rings is 1. The molecule has 1 aliphatic heterocycles. The van der Waals surface area contributed by atoms with Crippen LogP contribution >= 0.6 is 11.6 Å². The van der Waals surface area contributed by atoms with Crippen molar-refractivity contribution in [3.63, 3.8) is 0 Å². The number of benzene rings is 2. The first-order valence-electron chi connectivity index (χ1n) is 14.8. The fourth-order valence-corrected chi connectivity index (χ4v) is 5.74. The highest BCUT2D eigenvalue weighted by Crippen LogP contribution is 2.30. The van der Waals surface area contributed by atoms with Crippen LogP contribution in [0.4, 0.5) is 11.5 Å². The number of aromatic nitrogens is 6. The van der Waals surface area contributed by atoms with Crippen molar-refractivity contribution >= 4 is 42.2 Å². The molecule has 0 spiro atoms. The van der Waals surface area contributed by atoms with Crippen LogP contribution in [0.15, 0.2) is 60.9 Å². The summed E-state index contributed by atoms with van der Waals surface area (Å²) in [6.45, 7) is 12.3. The number of imidazole rings is 1. The molecule has 230 valence electrons. The van der Waals surface area contributed by atoms with Crippen LogP contribution in [0.3, 0.4) is 0 Å². The molecule has 0 atom stereocenters. The number of fused-ring (bicyclic) bond motifs is 1. The van der Waals surface area contributed by atoms with Crippen LogP contribution in [-0.2, 0) is 22.7 Å². The molecule has 0 aliphatic carbocycles. The van der Waals surface area contributed by atoms with Gasteiger partial charge in [0.25, 0.3) is 0 Å². The van der Waals surface area contributed by atoms with Gasteiger partial charge < -0.3 is 24.5 Å². The van der Waals surface area contributed by atoms with Gasteiger partial charge in [-0.15, -0.1) is 0 Å². The molecule has 44 heavy (non-hydrogen) atoms. The summed E-state index contributed by atoms with van der Waals surface area (Å²) in [7, 11) is -1.20. The molecule has 11 nitrogen and oxygen atoms in total.